The Balaban J connectivity index is 2.83. The van der Waals surface area contributed by atoms with Crippen LogP contribution in [0.25, 0.3) is 0 Å². The van der Waals surface area contributed by atoms with E-state index in [0.717, 1.165) is 0 Å². The Bertz CT molecular complexity index is 314. The van der Waals surface area contributed by atoms with Crippen LogP contribution in [0.4, 0.5) is 14.6 Å². The van der Waals surface area contributed by atoms with E-state index in [1.165, 1.54) is 17.4 Å². The fourth-order valence-corrected chi connectivity index (χ4v) is 1.74. The van der Waals surface area contributed by atoms with Gasteiger partial charge in [-0.15, -0.1) is 0 Å². The first kappa shape index (κ1) is 12.6. The molecule has 0 radical (unpaired) electrons. The number of hydrogen-bond donors (Lipinski definition) is 0. The molecule has 0 aromatic carbocycles. The summed E-state index contributed by atoms with van der Waals surface area (Å²) in [4.78, 5) is 9.00. The lowest BCUT2D eigenvalue weighted by Crippen LogP contribution is -2.31. The predicted molar refractivity (Wildman–Crippen MR) is 59.1 cm³/mol. The van der Waals surface area contributed by atoms with Gasteiger partial charge in [0, 0.05) is 11.9 Å². The Morgan fingerprint density at radius 1 is 1.53 bits per heavy atom. The second-order valence-corrected chi connectivity index (χ2v) is 3.92. The molecule has 0 saturated heterocycles. The summed E-state index contributed by atoms with van der Waals surface area (Å²) in [6, 6.07) is 0. The van der Waals surface area contributed by atoms with Crippen molar-refractivity contribution < 1.29 is 8.78 Å². The van der Waals surface area contributed by atoms with Crippen LogP contribution in [0.5, 0.6) is 0 Å². The molecule has 1 rings (SSSR count). The van der Waals surface area contributed by atoms with E-state index in [0.29, 0.717) is 17.7 Å². The molecule has 0 N–H and O–H groups in total. The van der Waals surface area contributed by atoms with Gasteiger partial charge in [0.25, 0.3) is 6.43 Å². The van der Waals surface area contributed by atoms with E-state index in [1.54, 1.807) is 0 Å². The first-order chi connectivity index (χ1) is 7.15. The van der Waals surface area contributed by atoms with Gasteiger partial charge in [-0.05, 0) is 0 Å². The molecule has 0 aliphatic carbocycles. The van der Waals surface area contributed by atoms with Crippen molar-refractivity contribution in [3.05, 3.63) is 17.5 Å². The summed E-state index contributed by atoms with van der Waals surface area (Å²) in [6.07, 6.45) is 0.250. The molecular weight excluding hydrogens is 291 g/mol. The third-order valence-corrected chi connectivity index (χ3v) is 2.28. The topological polar surface area (TPSA) is 29.0 Å². The summed E-state index contributed by atoms with van der Waals surface area (Å²) in [5.41, 5.74) is 0. The highest BCUT2D eigenvalue weighted by Gasteiger charge is 2.15. The number of aromatic nitrogens is 2. The van der Waals surface area contributed by atoms with E-state index in [4.69, 9.17) is 11.6 Å². The van der Waals surface area contributed by atoms with Crippen molar-refractivity contribution in [2.24, 2.45) is 0 Å². The average Bonchev–Trinajstić information content (AvgIpc) is 2.17. The van der Waals surface area contributed by atoms with E-state index < -0.39 is 6.43 Å². The normalized spacial score (nSPS) is 10.7. The van der Waals surface area contributed by atoms with Crippen LogP contribution in [0.1, 0.15) is 0 Å². The highest BCUT2D eigenvalue weighted by Crippen LogP contribution is 2.21. The SMILES string of the molecule is FC(F)CN(CCBr)c1ncncc1Cl. The van der Waals surface area contributed by atoms with Crippen LogP contribution < -0.4 is 4.90 Å². The summed E-state index contributed by atoms with van der Waals surface area (Å²) in [5, 5.41) is 0.846. The molecule has 1 heterocycles. The van der Waals surface area contributed by atoms with Crippen molar-refractivity contribution in [3.8, 4) is 0 Å². The monoisotopic (exact) mass is 299 g/mol. The van der Waals surface area contributed by atoms with Crippen LogP contribution >= 0.6 is 27.5 Å². The van der Waals surface area contributed by atoms with Crippen LogP contribution in [-0.4, -0.2) is 34.8 Å². The van der Waals surface area contributed by atoms with Crippen molar-refractivity contribution in [2.45, 2.75) is 6.43 Å². The molecule has 0 atom stereocenters. The molecule has 1 aromatic rings. The van der Waals surface area contributed by atoms with Gasteiger partial charge in [-0.2, -0.15) is 0 Å². The molecule has 0 bridgehead atoms. The van der Waals surface area contributed by atoms with Gasteiger partial charge >= 0.3 is 0 Å². The smallest absolute Gasteiger partial charge is 0.255 e. The Labute approximate surface area is 99.6 Å². The lowest BCUT2D eigenvalue weighted by atomic mass is 10.4. The Hall–Kier alpha value is -0.490. The van der Waals surface area contributed by atoms with Crippen molar-refractivity contribution in [1.82, 2.24) is 9.97 Å². The molecule has 0 fully saturated rings. The summed E-state index contributed by atoms with van der Waals surface area (Å²) in [7, 11) is 0. The van der Waals surface area contributed by atoms with Crippen LogP contribution in [0.15, 0.2) is 12.5 Å². The second kappa shape index (κ2) is 6.17. The van der Waals surface area contributed by atoms with Gasteiger partial charge in [-0.3, -0.25) is 0 Å². The minimum absolute atomic E-state index is 0.277. The highest BCUT2D eigenvalue weighted by molar-refractivity contribution is 9.09. The second-order valence-electron chi connectivity index (χ2n) is 2.72. The summed E-state index contributed by atoms with van der Waals surface area (Å²) >= 11 is 9.00. The Kier molecular flexibility index (Phi) is 5.17. The zero-order chi connectivity index (χ0) is 11.3. The fourth-order valence-electron chi connectivity index (χ4n) is 1.09. The average molecular weight is 301 g/mol. The number of halogens is 4. The summed E-state index contributed by atoms with van der Waals surface area (Å²) in [5.74, 6) is 0.339. The molecule has 7 heteroatoms. The van der Waals surface area contributed by atoms with Gasteiger partial charge < -0.3 is 4.90 Å². The molecule has 0 aliphatic heterocycles. The molecule has 84 valence electrons. The maximum atomic E-state index is 12.3. The Morgan fingerprint density at radius 3 is 2.80 bits per heavy atom. The molecule has 0 amide bonds. The summed E-state index contributed by atoms with van der Waals surface area (Å²) < 4.78 is 24.6. The van der Waals surface area contributed by atoms with Crippen LogP contribution in [-0.2, 0) is 0 Å². The molecule has 0 spiro atoms. The van der Waals surface area contributed by atoms with Gasteiger partial charge in [-0.1, -0.05) is 27.5 Å². The van der Waals surface area contributed by atoms with Gasteiger partial charge in [0.05, 0.1) is 12.7 Å². The molecule has 0 saturated carbocycles. The molecule has 3 nitrogen and oxygen atoms in total. The standard InChI is InChI=1S/C8H9BrClF2N3/c9-1-2-15(4-7(11)12)8-6(10)3-13-5-14-8/h3,5,7H,1-2,4H2. The summed E-state index contributed by atoms with van der Waals surface area (Å²) in [6.45, 7) is 0.0312. The minimum atomic E-state index is -2.42. The number of hydrogen-bond acceptors (Lipinski definition) is 3. The lowest BCUT2D eigenvalue weighted by Gasteiger charge is -2.22. The molecular formula is C8H9BrClF2N3. The van der Waals surface area contributed by atoms with Crippen LogP contribution in [0, 0.1) is 0 Å². The quantitative estimate of drug-likeness (QED) is 0.783. The molecule has 0 aliphatic rings. The number of alkyl halides is 3. The first-order valence-electron chi connectivity index (χ1n) is 4.19. The fraction of sp³-hybridized carbons (Fsp3) is 0.500. The molecule has 15 heavy (non-hydrogen) atoms. The van der Waals surface area contributed by atoms with Crippen LogP contribution in [0.3, 0.4) is 0 Å². The zero-order valence-electron chi connectivity index (χ0n) is 7.71. The van der Waals surface area contributed by atoms with Crippen molar-refractivity contribution >= 4 is 33.3 Å². The van der Waals surface area contributed by atoms with E-state index in [-0.39, 0.29) is 11.6 Å². The van der Waals surface area contributed by atoms with E-state index in [2.05, 4.69) is 25.9 Å². The van der Waals surface area contributed by atoms with Gasteiger partial charge in [0.15, 0.2) is 5.82 Å². The van der Waals surface area contributed by atoms with E-state index in [1.807, 2.05) is 0 Å². The third-order valence-electron chi connectivity index (χ3n) is 1.66. The van der Waals surface area contributed by atoms with Gasteiger partial charge in [-0.25, -0.2) is 18.7 Å². The third kappa shape index (κ3) is 3.87. The highest BCUT2D eigenvalue weighted by atomic mass is 79.9. The largest absolute Gasteiger partial charge is 0.349 e. The number of anilines is 1. The Morgan fingerprint density at radius 2 is 2.27 bits per heavy atom. The maximum Gasteiger partial charge on any atom is 0.255 e. The van der Waals surface area contributed by atoms with Crippen molar-refractivity contribution in [1.29, 1.82) is 0 Å². The van der Waals surface area contributed by atoms with Crippen LogP contribution in [0.2, 0.25) is 5.02 Å². The van der Waals surface area contributed by atoms with E-state index in [9.17, 15) is 8.78 Å². The minimum Gasteiger partial charge on any atom is -0.349 e. The molecule has 0 unspecified atom stereocenters. The van der Waals surface area contributed by atoms with Crippen molar-refractivity contribution in [3.63, 3.8) is 0 Å². The zero-order valence-corrected chi connectivity index (χ0v) is 10.0. The van der Waals surface area contributed by atoms with Gasteiger partial charge in [0.1, 0.15) is 11.3 Å². The lowest BCUT2D eigenvalue weighted by molar-refractivity contribution is 0.155. The van der Waals surface area contributed by atoms with Crippen molar-refractivity contribution in [2.75, 3.05) is 23.3 Å². The number of nitrogens with zero attached hydrogens (tertiary/aromatic N) is 3. The van der Waals surface area contributed by atoms with E-state index >= 15 is 0 Å². The first-order valence-corrected chi connectivity index (χ1v) is 5.69. The molecule has 1 aromatic heterocycles. The number of rotatable bonds is 5. The maximum absolute atomic E-state index is 12.3. The predicted octanol–water partition coefficient (Wildman–Crippen LogP) is 2.60. The van der Waals surface area contributed by atoms with Gasteiger partial charge in [0.2, 0.25) is 0 Å².